The van der Waals surface area contributed by atoms with E-state index in [2.05, 4.69) is 20.0 Å². The first kappa shape index (κ1) is 56.8. The van der Waals surface area contributed by atoms with Crippen molar-refractivity contribution in [1.82, 2.24) is 0 Å². The predicted molar refractivity (Wildman–Crippen MR) is 207 cm³/mol. The van der Waals surface area contributed by atoms with Gasteiger partial charge in [-0.2, -0.15) is 35.1 Å². The standard InChI is InChI=1S/4C10H13F2NO3.2Rh/c4*11-10(12)7(13-9(10)15)8(14)16-6-4-2-1-3-5-6;;/h4*6-7H,1-5H2,(H,13,15);;/t4*7-;;/m1111../s1. The molecule has 0 spiro atoms. The molecule has 4 saturated carbocycles. The molecule has 26 heteroatoms. The zero-order valence-electron chi connectivity index (χ0n) is 35.3. The van der Waals surface area contributed by atoms with Gasteiger partial charge in [-0.3, -0.25) is 0 Å². The second-order valence-corrected chi connectivity index (χ2v) is 16.7. The van der Waals surface area contributed by atoms with E-state index < -0.39 is 95.3 Å². The summed E-state index contributed by atoms with van der Waals surface area (Å²) in [7, 11) is 0. The van der Waals surface area contributed by atoms with Gasteiger partial charge in [0.05, 0.1) is 0 Å². The van der Waals surface area contributed by atoms with E-state index in [1.54, 1.807) is 0 Å². The zero-order valence-corrected chi connectivity index (χ0v) is 38.6. The van der Waals surface area contributed by atoms with Gasteiger partial charge in [-0.05, 0) is 103 Å². The van der Waals surface area contributed by atoms with Crippen LogP contribution in [0.2, 0.25) is 0 Å². The van der Waals surface area contributed by atoms with E-state index in [9.17, 15) is 54.3 Å². The third-order valence-electron chi connectivity index (χ3n) is 11.8. The second kappa shape index (κ2) is 24.1. The first-order valence-electron chi connectivity index (χ1n) is 21.5. The summed E-state index contributed by atoms with van der Waals surface area (Å²) in [6, 6.07) is -7.41. The minimum absolute atomic E-state index is 0. The minimum atomic E-state index is -3.55. The Balaban J connectivity index is 0.000000231. The zero-order chi connectivity index (χ0) is 47.0. The molecule has 378 valence electrons. The van der Waals surface area contributed by atoms with Crippen LogP contribution in [0.4, 0.5) is 35.1 Å². The van der Waals surface area contributed by atoms with Gasteiger partial charge < -0.3 is 39.4 Å². The Kier molecular flexibility index (Phi) is 20.8. The number of esters is 4. The summed E-state index contributed by atoms with van der Waals surface area (Å²) in [5.41, 5.74) is 0. The quantitative estimate of drug-likeness (QED) is 0.0809. The second-order valence-electron chi connectivity index (χ2n) is 16.7. The van der Waals surface area contributed by atoms with Crippen molar-refractivity contribution in [3.8, 4) is 0 Å². The monoisotopic (exact) mass is 1140 g/mol. The van der Waals surface area contributed by atoms with Crippen LogP contribution in [0.5, 0.6) is 0 Å². The Labute approximate surface area is 399 Å². The van der Waals surface area contributed by atoms with Crippen molar-refractivity contribution < 1.29 is 133 Å². The molecule has 0 bridgehead atoms. The van der Waals surface area contributed by atoms with Gasteiger partial charge >= 0.3 is 47.6 Å². The number of carbonyl (C=O) groups excluding carboxylic acids is 4. The van der Waals surface area contributed by atoms with E-state index in [-0.39, 0.29) is 63.4 Å². The number of aliphatic hydroxyl groups is 4. The molecule has 0 saturated heterocycles. The summed E-state index contributed by atoms with van der Waals surface area (Å²) in [5, 5.41) is 34.4. The fraction of sp³-hybridized carbons (Fsp3) is 0.800. The van der Waals surface area contributed by atoms with Crippen LogP contribution < -0.4 is 0 Å². The number of rotatable bonds is 8. The maximum atomic E-state index is 12.9. The molecule has 4 heterocycles. The Morgan fingerprint density at radius 2 is 0.500 bits per heavy atom. The molecular weight excluding hydrogens is 1090 g/mol. The number of hydrogen-bond acceptors (Lipinski definition) is 12. The SMILES string of the molecule is O=C(OC1CCCCC1)[C@H]1N=C(O)C1(F)F.O=C(OC1CCCCC1)[C@H]1N=C(O)C1(F)F.O=C(OC1CCCCC1)[C@H]1N=C(O)C1(F)F.O=C(OC1CCCCC1)[C@H]1N=C(O)C1(F)F.[Rh].[Rh]. The Bertz CT molecular complexity index is 1570. The van der Waals surface area contributed by atoms with E-state index in [0.717, 1.165) is 128 Å². The van der Waals surface area contributed by atoms with Crippen molar-refractivity contribution in [3.05, 3.63) is 0 Å². The van der Waals surface area contributed by atoms with Crippen molar-refractivity contribution in [2.45, 2.75) is 201 Å². The van der Waals surface area contributed by atoms with Crippen LogP contribution in [-0.2, 0) is 77.1 Å². The van der Waals surface area contributed by atoms with Gasteiger partial charge in [-0.15, -0.1) is 0 Å². The van der Waals surface area contributed by atoms with E-state index >= 15 is 0 Å². The summed E-state index contributed by atoms with van der Waals surface area (Å²) in [4.78, 5) is 57.7. The van der Waals surface area contributed by atoms with Gasteiger partial charge in [0, 0.05) is 39.0 Å². The van der Waals surface area contributed by atoms with E-state index in [4.69, 9.17) is 39.4 Å². The van der Waals surface area contributed by atoms with E-state index in [1.807, 2.05) is 0 Å². The molecule has 0 amide bonds. The molecule has 16 nitrogen and oxygen atoms in total. The van der Waals surface area contributed by atoms with Crippen LogP contribution in [-0.4, -0.2) is 140 Å². The van der Waals surface area contributed by atoms with Gasteiger partial charge in [-0.25, -0.2) is 39.1 Å². The molecule has 0 aromatic heterocycles. The van der Waals surface area contributed by atoms with E-state index in [0.29, 0.717) is 0 Å². The smallest absolute Gasteiger partial charge is 0.353 e. The first-order chi connectivity index (χ1) is 30.1. The van der Waals surface area contributed by atoms with Gasteiger partial charge in [0.15, 0.2) is 0 Å². The van der Waals surface area contributed by atoms with E-state index in [1.165, 1.54) is 0 Å². The van der Waals surface area contributed by atoms with Crippen LogP contribution in [0.25, 0.3) is 0 Å². The third kappa shape index (κ3) is 13.8. The molecule has 0 unspecified atom stereocenters. The molecular formula is C40H52F8N4O12Rh2. The van der Waals surface area contributed by atoms with Crippen LogP contribution in [0.1, 0.15) is 128 Å². The largest absolute Gasteiger partial charge is 0.492 e. The van der Waals surface area contributed by atoms with Crippen molar-refractivity contribution >= 4 is 47.5 Å². The summed E-state index contributed by atoms with van der Waals surface area (Å²) in [5.74, 6) is -23.4. The van der Waals surface area contributed by atoms with Crippen molar-refractivity contribution in [2.75, 3.05) is 0 Å². The molecule has 66 heavy (non-hydrogen) atoms. The molecule has 2 radical (unpaired) electrons. The molecule has 4 aliphatic carbocycles. The average Bonchev–Trinajstić information content (AvgIpc) is 3.27. The molecule has 0 aromatic rings. The first-order valence-corrected chi connectivity index (χ1v) is 21.5. The van der Waals surface area contributed by atoms with Crippen LogP contribution in [0.3, 0.4) is 0 Å². The van der Waals surface area contributed by atoms with Gasteiger partial charge in [0.2, 0.25) is 24.2 Å². The predicted octanol–water partition coefficient (Wildman–Crippen LogP) is 7.34. The van der Waals surface area contributed by atoms with Crippen LogP contribution in [0, 0.1) is 0 Å². The van der Waals surface area contributed by atoms with Crippen molar-refractivity contribution in [2.24, 2.45) is 20.0 Å². The molecule has 4 atom stereocenters. The summed E-state index contributed by atoms with van der Waals surface area (Å²) >= 11 is 0. The number of alkyl halides is 8. The van der Waals surface area contributed by atoms with Gasteiger partial charge in [0.25, 0.3) is 23.6 Å². The maximum absolute atomic E-state index is 12.9. The number of aliphatic imine (C=N–C) groups is 4. The number of hydrogen-bond donors (Lipinski definition) is 4. The van der Waals surface area contributed by atoms with Gasteiger partial charge in [0.1, 0.15) is 24.4 Å². The molecule has 4 aliphatic heterocycles. The average molecular weight is 1140 g/mol. The van der Waals surface area contributed by atoms with Gasteiger partial charge in [-0.1, -0.05) is 25.7 Å². The van der Waals surface area contributed by atoms with Crippen molar-refractivity contribution in [3.63, 3.8) is 0 Å². The number of halogens is 8. The fourth-order valence-electron chi connectivity index (χ4n) is 7.83. The fourth-order valence-corrected chi connectivity index (χ4v) is 7.83. The van der Waals surface area contributed by atoms with Crippen LogP contribution in [0.15, 0.2) is 20.0 Å². The number of carbonyl (C=O) groups is 4. The minimum Gasteiger partial charge on any atom is -0.492 e. The molecule has 8 aliphatic rings. The molecule has 4 fully saturated rings. The number of nitrogens with zero attached hydrogens (tertiary/aromatic N) is 4. The summed E-state index contributed by atoms with van der Waals surface area (Å²) in [6.45, 7) is 0. The molecule has 4 N–H and O–H groups in total. The Morgan fingerprint density at radius 3 is 0.621 bits per heavy atom. The topological polar surface area (TPSA) is 236 Å². The number of aliphatic hydroxyl groups excluding tert-OH is 4. The van der Waals surface area contributed by atoms with Crippen LogP contribution >= 0.6 is 0 Å². The number of ether oxygens (including phenoxy) is 4. The Morgan fingerprint density at radius 1 is 0.348 bits per heavy atom. The molecule has 0 aromatic carbocycles. The van der Waals surface area contributed by atoms with Crippen molar-refractivity contribution in [1.29, 1.82) is 0 Å². The third-order valence-corrected chi connectivity index (χ3v) is 11.8. The summed E-state index contributed by atoms with van der Waals surface area (Å²) in [6.07, 6.45) is 16.7. The molecule has 8 rings (SSSR count). The summed E-state index contributed by atoms with van der Waals surface area (Å²) < 4.78 is 123. The maximum Gasteiger partial charge on any atom is 0.353 e. The Hall–Kier alpha value is -3.55. The normalized spacial score (nSPS) is 28.2.